The average Bonchev–Trinajstić information content (AvgIpc) is 1.94. The van der Waals surface area contributed by atoms with E-state index >= 15 is 0 Å². The van der Waals surface area contributed by atoms with Crippen LogP contribution in [0.25, 0.3) is 0 Å². The second kappa shape index (κ2) is 8.28. The normalized spacial score (nSPS) is 12.8. The molecule has 7 nitrogen and oxygen atoms in total. The van der Waals surface area contributed by atoms with Crippen molar-refractivity contribution >= 4 is 7.32 Å². The zero-order valence-corrected chi connectivity index (χ0v) is 13.7. The first-order chi connectivity index (χ1) is 8.23. The van der Waals surface area contributed by atoms with Gasteiger partial charge in [-0.05, 0) is 55.4 Å². The summed E-state index contributed by atoms with van der Waals surface area (Å²) in [5.74, 6) is 0. The summed E-state index contributed by atoms with van der Waals surface area (Å²) in [5, 5.41) is 57.9. The fourth-order valence-electron chi connectivity index (χ4n) is 0. The van der Waals surface area contributed by atoms with Crippen molar-refractivity contribution in [3.8, 4) is 0 Å². The first kappa shape index (κ1) is 24.8. The van der Waals surface area contributed by atoms with Gasteiger partial charge in [0.05, 0.1) is 22.4 Å². The number of rotatable bonds is 2. The summed E-state index contributed by atoms with van der Waals surface area (Å²) in [6, 6.07) is 0. The van der Waals surface area contributed by atoms with Crippen LogP contribution in [0.4, 0.5) is 0 Å². The molecule has 20 heavy (non-hydrogen) atoms. The maximum Gasteiger partial charge on any atom is 0.631 e. The molecule has 0 saturated carbocycles. The van der Waals surface area contributed by atoms with E-state index in [1.165, 1.54) is 0 Å². The Morgan fingerprint density at radius 3 is 0.500 bits per heavy atom. The Balaban J connectivity index is -0.000000230. The Labute approximate surface area is 121 Å². The Hall–Kier alpha value is -0.215. The molecule has 8 heteroatoms. The van der Waals surface area contributed by atoms with Crippen molar-refractivity contribution in [3.63, 3.8) is 0 Å². The van der Waals surface area contributed by atoms with Gasteiger partial charge in [0.2, 0.25) is 0 Å². The topological polar surface area (TPSA) is 142 Å². The van der Waals surface area contributed by atoms with Crippen LogP contribution in [0.3, 0.4) is 0 Å². The van der Waals surface area contributed by atoms with E-state index in [0.717, 1.165) is 0 Å². The minimum atomic E-state index is -2.17. The summed E-state index contributed by atoms with van der Waals surface area (Å²) >= 11 is 0. The average molecular weight is 298 g/mol. The summed E-state index contributed by atoms with van der Waals surface area (Å²) in [6.45, 7) is 12.6. The first-order valence-corrected chi connectivity index (χ1v) is 6.17. The lowest BCUT2D eigenvalue weighted by atomic mass is 9.90. The van der Waals surface area contributed by atoms with Gasteiger partial charge >= 0.3 is 7.32 Å². The fraction of sp³-hybridized carbons (Fsp3) is 1.00. The Morgan fingerprint density at radius 1 is 0.450 bits per heavy atom. The standard InChI is InChI=1S/2C6H14O2.BH3O3/c2*1-5(2,7)6(3,4)8;2-1(3)4/h2*7-8H,1-4H3;2-4H. The molecule has 0 aromatic carbocycles. The van der Waals surface area contributed by atoms with E-state index in [1.807, 2.05) is 0 Å². The lowest BCUT2D eigenvalue weighted by Gasteiger charge is -2.31. The minimum absolute atomic E-state index is 1.01. The monoisotopic (exact) mass is 298 g/mol. The van der Waals surface area contributed by atoms with Crippen molar-refractivity contribution in [2.75, 3.05) is 0 Å². The largest absolute Gasteiger partial charge is 0.631 e. The first-order valence-electron chi connectivity index (χ1n) is 6.17. The summed E-state index contributed by atoms with van der Waals surface area (Å²) in [6.07, 6.45) is 0. The molecule has 0 spiro atoms. The van der Waals surface area contributed by atoms with Gasteiger partial charge in [-0.15, -0.1) is 0 Å². The van der Waals surface area contributed by atoms with Crippen LogP contribution in [0, 0.1) is 0 Å². The molecule has 0 bridgehead atoms. The zero-order valence-electron chi connectivity index (χ0n) is 13.7. The van der Waals surface area contributed by atoms with Gasteiger partial charge in [0.15, 0.2) is 0 Å². The molecule has 0 aromatic heterocycles. The molecule has 0 aliphatic heterocycles. The highest BCUT2D eigenvalue weighted by Crippen LogP contribution is 2.19. The van der Waals surface area contributed by atoms with E-state index in [0.29, 0.717) is 0 Å². The molecular formula is C12H31BO7. The third-order valence-electron chi connectivity index (χ3n) is 2.99. The third kappa shape index (κ3) is 15.8. The van der Waals surface area contributed by atoms with E-state index in [1.54, 1.807) is 55.4 Å². The van der Waals surface area contributed by atoms with Crippen LogP contribution in [0.5, 0.6) is 0 Å². The van der Waals surface area contributed by atoms with E-state index in [2.05, 4.69) is 0 Å². The lowest BCUT2D eigenvalue weighted by molar-refractivity contribution is -0.107. The number of hydrogen-bond donors (Lipinski definition) is 7. The quantitative estimate of drug-likeness (QED) is 0.324. The molecule has 0 saturated heterocycles. The maximum atomic E-state index is 9.10. The maximum absolute atomic E-state index is 9.10. The smallest absolute Gasteiger partial charge is 0.402 e. The minimum Gasteiger partial charge on any atom is -0.402 e. The molecule has 0 atom stereocenters. The fourth-order valence-corrected chi connectivity index (χ4v) is 0. The second-order valence-corrected chi connectivity index (χ2v) is 6.58. The summed E-state index contributed by atoms with van der Waals surface area (Å²) in [4.78, 5) is 0. The van der Waals surface area contributed by atoms with E-state index in [4.69, 9.17) is 35.5 Å². The van der Waals surface area contributed by atoms with Crippen LogP contribution in [-0.4, -0.2) is 65.2 Å². The van der Waals surface area contributed by atoms with Gasteiger partial charge in [0.25, 0.3) is 0 Å². The van der Waals surface area contributed by atoms with Crippen LogP contribution >= 0.6 is 0 Å². The van der Waals surface area contributed by atoms with Gasteiger partial charge in [-0.1, -0.05) is 0 Å². The van der Waals surface area contributed by atoms with Crippen molar-refractivity contribution in [1.29, 1.82) is 0 Å². The molecule has 0 aliphatic carbocycles. The Morgan fingerprint density at radius 2 is 0.500 bits per heavy atom. The van der Waals surface area contributed by atoms with Gasteiger partial charge < -0.3 is 35.5 Å². The molecule has 0 aliphatic rings. The summed E-state index contributed by atoms with van der Waals surface area (Å²) < 4.78 is 0. The van der Waals surface area contributed by atoms with Crippen molar-refractivity contribution < 1.29 is 35.5 Å². The predicted octanol–water partition coefficient (Wildman–Crippen LogP) is -0.995. The van der Waals surface area contributed by atoms with E-state index < -0.39 is 29.7 Å². The van der Waals surface area contributed by atoms with Gasteiger partial charge in [0.1, 0.15) is 0 Å². The van der Waals surface area contributed by atoms with Crippen LogP contribution in [0.15, 0.2) is 0 Å². The van der Waals surface area contributed by atoms with Crippen LogP contribution in [0.1, 0.15) is 55.4 Å². The summed E-state index contributed by atoms with van der Waals surface area (Å²) in [7, 11) is -2.17. The van der Waals surface area contributed by atoms with Gasteiger partial charge in [-0.3, -0.25) is 0 Å². The zero-order chi connectivity index (χ0) is 17.6. The van der Waals surface area contributed by atoms with Crippen molar-refractivity contribution in [3.05, 3.63) is 0 Å². The molecule has 0 radical (unpaired) electrons. The van der Waals surface area contributed by atoms with Crippen molar-refractivity contribution in [2.24, 2.45) is 0 Å². The molecule has 0 aromatic rings. The van der Waals surface area contributed by atoms with Gasteiger partial charge in [-0.2, -0.15) is 0 Å². The van der Waals surface area contributed by atoms with Gasteiger partial charge in [-0.25, -0.2) is 0 Å². The molecule has 0 rings (SSSR count). The van der Waals surface area contributed by atoms with Gasteiger partial charge in [0, 0.05) is 0 Å². The van der Waals surface area contributed by atoms with Crippen LogP contribution < -0.4 is 0 Å². The van der Waals surface area contributed by atoms with Crippen LogP contribution in [-0.2, 0) is 0 Å². The van der Waals surface area contributed by atoms with Crippen molar-refractivity contribution in [2.45, 2.75) is 77.8 Å². The molecule has 124 valence electrons. The van der Waals surface area contributed by atoms with E-state index in [9.17, 15) is 0 Å². The highest BCUT2D eigenvalue weighted by atomic mass is 16.5. The lowest BCUT2D eigenvalue weighted by Crippen LogP contribution is -2.44. The molecular weight excluding hydrogens is 267 g/mol. The summed E-state index contributed by atoms with van der Waals surface area (Å²) in [5.41, 5.74) is -4.03. The predicted molar refractivity (Wildman–Crippen MR) is 77.6 cm³/mol. The highest BCUT2D eigenvalue weighted by Gasteiger charge is 2.32. The SMILES string of the molecule is CC(C)(O)C(C)(C)O.CC(C)(O)C(C)(C)O.OB(O)O. The molecule has 0 unspecified atom stereocenters. The third-order valence-corrected chi connectivity index (χ3v) is 2.99. The molecule has 0 amide bonds. The molecule has 7 N–H and O–H groups in total. The second-order valence-electron chi connectivity index (χ2n) is 6.58. The van der Waals surface area contributed by atoms with Crippen LogP contribution in [0.2, 0.25) is 0 Å². The number of hydrogen-bond acceptors (Lipinski definition) is 7. The number of aliphatic hydroxyl groups is 4. The molecule has 0 fully saturated rings. The Kier molecular flexibility index (Phi) is 10.3. The van der Waals surface area contributed by atoms with E-state index in [-0.39, 0.29) is 0 Å². The highest BCUT2D eigenvalue weighted by molar-refractivity contribution is 6.30. The van der Waals surface area contributed by atoms with Crippen molar-refractivity contribution in [1.82, 2.24) is 0 Å². The molecule has 0 heterocycles. The Bertz CT molecular complexity index is 190.